The lowest BCUT2D eigenvalue weighted by molar-refractivity contribution is -0.134. The summed E-state index contributed by atoms with van der Waals surface area (Å²) in [6, 6.07) is 12.1. The van der Waals surface area contributed by atoms with E-state index in [1.54, 1.807) is 6.07 Å². The molecule has 1 aromatic carbocycles. The van der Waals surface area contributed by atoms with Crippen LogP contribution in [0, 0.1) is 0 Å². The van der Waals surface area contributed by atoms with E-state index < -0.39 is 24.0 Å². The van der Waals surface area contributed by atoms with Crippen molar-refractivity contribution in [1.82, 2.24) is 5.32 Å². The maximum Gasteiger partial charge on any atom is 0.265 e. The Morgan fingerprint density at radius 2 is 2.08 bits per heavy atom. The predicted molar refractivity (Wildman–Crippen MR) is 96.6 cm³/mol. The maximum atomic E-state index is 12.4. The number of benzene rings is 1. The van der Waals surface area contributed by atoms with Crippen LogP contribution in [0.3, 0.4) is 0 Å². The second kappa shape index (κ2) is 7.67. The molecule has 1 aromatic heterocycles. The van der Waals surface area contributed by atoms with Gasteiger partial charge in [0, 0.05) is 12.8 Å². The van der Waals surface area contributed by atoms with Crippen LogP contribution < -0.4 is 11.1 Å². The molecule has 0 bridgehead atoms. The summed E-state index contributed by atoms with van der Waals surface area (Å²) in [5.41, 5.74) is 6.99. The third kappa shape index (κ3) is 4.37. The lowest BCUT2D eigenvalue weighted by atomic mass is 10.0. The van der Waals surface area contributed by atoms with Gasteiger partial charge in [0.05, 0.1) is 9.21 Å². The Morgan fingerprint density at radius 3 is 2.72 bits per heavy atom. The average Bonchev–Trinajstić information content (AvgIpc) is 3.24. The van der Waals surface area contributed by atoms with Crippen molar-refractivity contribution >= 4 is 40.5 Å². The van der Waals surface area contributed by atoms with Crippen molar-refractivity contribution in [3.8, 4) is 0 Å². The van der Waals surface area contributed by atoms with Crippen molar-refractivity contribution in [2.45, 2.75) is 25.0 Å². The summed E-state index contributed by atoms with van der Waals surface area (Å²) in [6.45, 7) is 0. The Balaban J connectivity index is 1.60. The maximum absolute atomic E-state index is 12.4. The van der Waals surface area contributed by atoms with Crippen LogP contribution in [0.1, 0.15) is 16.9 Å². The molecule has 2 heterocycles. The molecule has 1 aliphatic heterocycles. The van der Waals surface area contributed by atoms with Gasteiger partial charge in [-0.05, 0) is 17.7 Å². The summed E-state index contributed by atoms with van der Waals surface area (Å²) < 4.78 is 0.641. The van der Waals surface area contributed by atoms with Gasteiger partial charge >= 0.3 is 0 Å². The summed E-state index contributed by atoms with van der Waals surface area (Å²) in [5, 5.41) is 6.60. The van der Waals surface area contributed by atoms with E-state index in [4.69, 9.17) is 22.2 Å². The van der Waals surface area contributed by atoms with Gasteiger partial charge in [-0.3, -0.25) is 9.59 Å². The molecule has 0 spiro atoms. The van der Waals surface area contributed by atoms with Crippen molar-refractivity contribution in [2.75, 3.05) is 0 Å². The van der Waals surface area contributed by atoms with Gasteiger partial charge in [0.2, 0.25) is 12.0 Å². The topological polar surface area (TPSA) is 93.8 Å². The van der Waals surface area contributed by atoms with Gasteiger partial charge in [0.25, 0.3) is 5.91 Å². The normalized spacial score (nSPS) is 17.5. The largest absolute Gasteiger partial charge is 0.382 e. The Kier molecular flexibility index (Phi) is 5.35. The highest BCUT2D eigenvalue weighted by Crippen LogP contribution is 2.26. The minimum absolute atomic E-state index is 0.319. The Hall–Kier alpha value is -2.38. The molecule has 0 saturated carbocycles. The average molecular weight is 378 g/mol. The third-order valence-electron chi connectivity index (χ3n) is 3.76. The number of halogens is 1. The van der Waals surface area contributed by atoms with Crippen LogP contribution in [0.2, 0.25) is 4.34 Å². The van der Waals surface area contributed by atoms with E-state index in [0.717, 1.165) is 10.4 Å². The fraction of sp³-hybridized carbons (Fsp3) is 0.235. The number of carbonyl (C=O) groups excluding carboxylic acids is 2. The van der Waals surface area contributed by atoms with Crippen molar-refractivity contribution in [1.29, 1.82) is 0 Å². The third-order valence-corrected chi connectivity index (χ3v) is 5.04. The first-order valence-electron chi connectivity index (χ1n) is 7.65. The van der Waals surface area contributed by atoms with E-state index in [-0.39, 0.29) is 0 Å². The molecule has 1 aliphatic rings. The monoisotopic (exact) mass is 377 g/mol. The van der Waals surface area contributed by atoms with Gasteiger partial charge in [-0.1, -0.05) is 47.1 Å². The number of carbonyl (C=O) groups is 2. The second-order valence-corrected chi connectivity index (χ2v) is 7.31. The Morgan fingerprint density at radius 1 is 1.32 bits per heavy atom. The molecule has 8 heteroatoms. The fourth-order valence-corrected chi connectivity index (χ4v) is 3.50. The predicted octanol–water partition coefficient (Wildman–Crippen LogP) is 2.11. The number of hydrogen-bond acceptors (Lipinski definition) is 5. The first-order valence-corrected chi connectivity index (χ1v) is 8.84. The summed E-state index contributed by atoms with van der Waals surface area (Å²) in [6.07, 6.45) is -0.143. The lowest BCUT2D eigenvalue weighted by Gasteiger charge is -2.17. The fourth-order valence-electron chi connectivity index (χ4n) is 2.47. The summed E-state index contributed by atoms with van der Waals surface area (Å²) in [5.74, 6) is -1.01. The van der Waals surface area contributed by atoms with Crippen LogP contribution in [0.25, 0.3) is 0 Å². The Labute approximate surface area is 153 Å². The molecule has 2 atom stereocenters. The zero-order valence-corrected chi connectivity index (χ0v) is 14.7. The van der Waals surface area contributed by atoms with Gasteiger partial charge in [-0.2, -0.15) is 0 Å². The SMILES string of the molecule is NC(=O)C(Cc1ccccc1)NC(=O)C1CC(c2ccc(Cl)s2)=NO1. The number of amides is 2. The number of oxime groups is 1. The molecule has 0 saturated heterocycles. The second-order valence-electron chi connectivity index (χ2n) is 5.59. The highest BCUT2D eigenvalue weighted by atomic mass is 35.5. The number of nitrogens with two attached hydrogens (primary N) is 1. The first-order chi connectivity index (χ1) is 12.0. The number of primary amides is 1. The molecule has 2 unspecified atom stereocenters. The number of rotatable bonds is 6. The molecule has 3 N–H and O–H groups in total. The number of nitrogens with zero attached hydrogens (tertiary/aromatic N) is 1. The van der Waals surface area contributed by atoms with Gasteiger partial charge in [-0.25, -0.2) is 0 Å². The quantitative estimate of drug-likeness (QED) is 0.807. The van der Waals surface area contributed by atoms with Crippen molar-refractivity contribution < 1.29 is 14.4 Å². The highest BCUT2D eigenvalue weighted by molar-refractivity contribution is 7.18. The van der Waals surface area contributed by atoms with Crippen molar-refractivity contribution in [3.63, 3.8) is 0 Å². The van der Waals surface area contributed by atoms with Gasteiger partial charge < -0.3 is 15.9 Å². The zero-order valence-electron chi connectivity index (χ0n) is 13.1. The molecule has 130 valence electrons. The molecule has 0 radical (unpaired) electrons. The summed E-state index contributed by atoms with van der Waals surface area (Å²) in [4.78, 5) is 30.1. The minimum atomic E-state index is -0.807. The molecular weight excluding hydrogens is 362 g/mol. The molecule has 6 nitrogen and oxygen atoms in total. The van der Waals surface area contributed by atoms with Crippen LogP contribution >= 0.6 is 22.9 Å². The molecule has 2 amide bonds. The molecule has 3 rings (SSSR count). The summed E-state index contributed by atoms with van der Waals surface area (Å²) in [7, 11) is 0. The number of thiophene rings is 1. The summed E-state index contributed by atoms with van der Waals surface area (Å²) >= 11 is 7.28. The first kappa shape index (κ1) is 17.4. The molecular formula is C17H16ClN3O3S. The van der Waals surface area contributed by atoms with Crippen LogP contribution in [-0.4, -0.2) is 29.7 Å². The van der Waals surface area contributed by atoms with E-state index >= 15 is 0 Å². The standard InChI is InChI=1S/C17H16ClN3O3S/c18-15-7-6-14(25-15)11-9-13(24-21-11)17(23)20-12(16(19)22)8-10-4-2-1-3-5-10/h1-7,12-13H,8-9H2,(H2,19,22)(H,20,23). The van der Waals surface area contributed by atoms with Crippen LogP contribution in [-0.2, 0) is 20.8 Å². The molecule has 0 aliphatic carbocycles. The van der Waals surface area contributed by atoms with Crippen LogP contribution in [0.5, 0.6) is 0 Å². The van der Waals surface area contributed by atoms with E-state index in [9.17, 15) is 9.59 Å². The van der Waals surface area contributed by atoms with Crippen molar-refractivity contribution in [2.24, 2.45) is 10.9 Å². The number of nitrogens with one attached hydrogen (secondary N) is 1. The van der Waals surface area contributed by atoms with E-state index in [2.05, 4.69) is 10.5 Å². The highest BCUT2D eigenvalue weighted by Gasteiger charge is 2.32. The van der Waals surface area contributed by atoms with Crippen LogP contribution in [0.4, 0.5) is 0 Å². The molecule has 25 heavy (non-hydrogen) atoms. The minimum Gasteiger partial charge on any atom is -0.382 e. The molecule has 2 aromatic rings. The van der Waals surface area contributed by atoms with Gasteiger partial charge in [0.15, 0.2) is 0 Å². The zero-order chi connectivity index (χ0) is 17.8. The lowest BCUT2D eigenvalue weighted by Crippen LogP contribution is -2.49. The Bertz CT molecular complexity index is 806. The van der Waals surface area contributed by atoms with E-state index in [1.165, 1.54) is 11.3 Å². The van der Waals surface area contributed by atoms with Crippen molar-refractivity contribution in [3.05, 3.63) is 57.2 Å². The van der Waals surface area contributed by atoms with E-state index in [1.807, 2.05) is 36.4 Å². The van der Waals surface area contributed by atoms with Gasteiger partial charge in [-0.15, -0.1) is 11.3 Å². The molecule has 0 fully saturated rings. The number of hydrogen-bond donors (Lipinski definition) is 2. The van der Waals surface area contributed by atoms with Gasteiger partial charge in [0.1, 0.15) is 11.8 Å². The smallest absolute Gasteiger partial charge is 0.265 e. The van der Waals surface area contributed by atoms with E-state index in [0.29, 0.717) is 22.9 Å². The van der Waals surface area contributed by atoms with Crippen LogP contribution in [0.15, 0.2) is 47.6 Å².